The van der Waals surface area contributed by atoms with Crippen LogP contribution in [0.4, 0.5) is 11.5 Å². The van der Waals surface area contributed by atoms with Gasteiger partial charge in [0.1, 0.15) is 11.5 Å². The van der Waals surface area contributed by atoms with E-state index in [1.807, 2.05) is 39.2 Å². The second-order valence-electron chi connectivity index (χ2n) is 5.93. The maximum atomic E-state index is 12.4. The number of likely N-dealkylation sites (N-methyl/N-ethyl adjacent to an activating group) is 1. The van der Waals surface area contributed by atoms with E-state index in [0.29, 0.717) is 11.5 Å². The molecule has 2 aromatic rings. The Morgan fingerprint density at radius 2 is 2.00 bits per heavy atom. The van der Waals surface area contributed by atoms with Crippen LogP contribution in [0.1, 0.15) is 28.5 Å². The highest BCUT2D eigenvalue weighted by Crippen LogP contribution is 2.21. The summed E-state index contributed by atoms with van der Waals surface area (Å²) in [7, 11) is 4.02. The highest BCUT2D eigenvalue weighted by Gasteiger charge is 2.12. The first kappa shape index (κ1) is 17.9. The standard InChI is InChI=1S/C18H25N5O/c1-5-14-8-6-7-13(2)17(14)22-18(24)15-11-21-16(12-20-15)19-9-10-23(3)4/h6-8,11-12H,5,9-10H2,1-4H3,(H,19,21)(H,22,24). The van der Waals surface area contributed by atoms with E-state index in [1.54, 1.807) is 6.20 Å². The fourth-order valence-corrected chi connectivity index (χ4v) is 2.32. The van der Waals surface area contributed by atoms with Crippen molar-refractivity contribution in [3.8, 4) is 0 Å². The van der Waals surface area contributed by atoms with Gasteiger partial charge in [-0.3, -0.25) is 4.79 Å². The van der Waals surface area contributed by atoms with Gasteiger partial charge in [-0.1, -0.05) is 25.1 Å². The van der Waals surface area contributed by atoms with Gasteiger partial charge in [0.25, 0.3) is 5.91 Å². The molecular formula is C18H25N5O. The summed E-state index contributed by atoms with van der Waals surface area (Å²) in [5.41, 5.74) is 3.31. The number of nitrogens with zero attached hydrogens (tertiary/aromatic N) is 3. The summed E-state index contributed by atoms with van der Waals surface area (Å²) in [6.45, 7) is 5.73. The molecule has 1 heterocycles. The summed E-state index contributed by atoms with van der Waals surface area (Å²) in [5.74, 6) is 0.421. The van der Waals surface area contributed by atoms with Crippen molar-refractivity contribution >= 4 is 17.4 Å². The van der Waals surface area contributed by atoms with Crippen LogP contribution in [0.2, 0.25) is 0 Å². The minimum Gasteiger partial charge on any atom is -0.368 e. The zero-order valence-electron chi connectivity index (χ0n) is 14.8. The van der Waals surface area contributed by atoms with Gasteiger partial charge in [0, 0.05) is 18.8 Å². The van der Waals surface area contributed by atoms with Gasteiger partial charge in [-0.2, -0.15) is 0 Å². The SMILES string of the molecule is CCc1cccc(C)c1NC(=O)c1cnc(NCCN(C)C)cn1. The minimum atomic E-state index is -0.244. The van der Waals surface area contributed by atoms with Gasteiger partial charge in [-0.15, -0.1) is 0 Å². The number of amides is 1. The number of anilines is 2. The zero-order valence-corrected chi connectivity index (χ0v) is 14.8. The molecule has 1 aromatic carbocycles. The molecule has 6 nitrogen and oxygen atoms in total. The fraction of sp³-hybridized carbons (Fsp3) is 0.389. The molecule has 24 heavy (non-hydrogen) atoms. The summed E-state index contributed by atoms with van der Waals surface area (Å²) in [5, 5.41) is 6.13. The van der Waals surface area contributed by atoms with Crippen LogP contribution in [0.3, 0.4) is 0 Å². The molecule has 0 radical (unpaired) electrons. The Bertz CT molecular complexity index is 682. The number of aromatic nitrogens is 2. The van der Waals surface area contributed by atoms with Crippen molar-refractivity contribution in [3.63, 3.8) is 0 Å². The highest BCUT2D eigenvalue weighted by atomic mass is 16.1. The van der Waals surface area contributed by atoms with Crippen molar-refractivity contribution in [1.29, 1.82) is 0 Å². The molecule has 0 bridgehead atoms. The third-order valence-corrected chi connectivity index (χ3v) is 3.73. The van der Waals surface area contributed by atoms with E-state index in [9.17, 15) is 4.79 Å². The number of rotatable bonds is 7. The average Bonchev–Trinajstić information content (AvgIpc) is 2.57. The largest absolute Gasteiger partial charge is 0.368 e. The van der Waals surface area contributed by atoms with Crippen molar-refractivity contribution < 1.29 is 4.79 Å². The number of aryl methyl sites for hydroxylation is 2. The van der Waals surface area contributed by atoms with E-state index in [4.69, 9.17) is 0 Å². The van der Waals surface area contributed by atoms with E-state index in [1.165, 1.54) is 6.20 Å². The molecule has 0 aliphatic heterocycles. The number of hydrogen-bond acceptors (Lipinski definition) is 5. The second-order valence-corrected chi connectivity index (χ2v) is 5.93. The lowest BCUT2D eigenvalue weighted by Crippen LogP contribution is -2.21. The molecule has 0 saturated carbocycles. The Hall–Kier alpha value is -2.47. The summed E-state index contributed by atoms with van der Waals surface area (Å²) >= 11 is 0. The quantitative estimate of drug-likeness (QED) is 0.818. The van der Waals surface area contributed by atoms with Gasteiger partial charge in [-0.05, 0) is 38.6 Å². The number of nitrogens with one attached hydrogen (secondary N) is 2. The smallest absolute Gasteiger partial charge is 0.275 e. The zero-order chi connectivity index (χ0) is 17.5. The predicted octanol–water partition coefficient (Wildman–Crippen LogP) is 2.57. The summed E-state index contributed by atoms with van der Waals surface area (Å²) in [6, 6.07) is 6.00. The maximum Gasteiger partial charge on any atom is 0.275 e. The molecular weight excluding hydrogens is 302 g/mol. The summed E-state index contributed by atoms with van der Waals surface area (Å²) in [6.07, 6.45) is 3.94. The molecule has 0 unspecified atom stereocenters. The van der Waals surface area contributed by atoms with Gasteiger partial charge < -0.3 is 15.5 Å². The molecule has 0 fully saturated rings. The van der Waals surface area contributed by atoms with E-state index < -0.39 is 0 Å². The third-order valence-electron chi connectivity index (χ3n) is 3.73. The molecule has 6 heteroatoms. The lowest BCUT2D eigenvalue weighted by molar-refractivity contribution is 0.102. The number of hydrogen-bond donors (Lipinski definition) is 2. The number of benzene rings is 1. The van der Waals surface area contributed by atoms with Crippen LogP contribution < -0.4 is 10.6 Å². The lowest BCUT2D eigenvalue weighted by atomic mass is 10.1. The van der Waals surface area contributed by atoms with Gasteiger partial charge in [0.15, 0.2) is 0 Å². The first-order valence-corrected chi connectivity index (χ1v) is 8.11. The average molecular weight is 327 g/mol. The molecule has 0 aliphatic rings. The Morgan fingerprint density at radius 1 is 1.21 bits per heavy atom. The monoisotopic (exact) mass is 327 g/mol. The lowest BCUT2D eigenvalue weighted by Gasteiger charge is -2.13. The molecule has 2 rings (SSSR count). The molecule has 0 atom stereocenters. The van der Waals surface area contributed by atoms with E-state index in [-0.39, 0.29) is 5.91 Å². The molecule has 128 valence electrons. The van der Waals surface area contributed by atoms with Crippen molar-refractivity contribution in [3.05, 3.63) is 47.4 Å². The van der Waals surface area contributed by atoms with Gasteiger partial charge in [-0.25, -0.2) is 9.97 Å². The summed E-state index contributed by atoms with van der Waals surface area (Å²) < 4.78 is 0. The van der Waals surface area contributed by atoms with E-state index in [0.717, 1.165) is 36.3 Å². The highest BCUT2D eigenvalue weighted by molar-refractivity contribution is 6.03. The minimum absolute atomic E-state index is 0.244. The molecule has 0 saturated heterocycles. The van der Waals surface area contributed by atoms with E-state index in [2.05, 4.69) is 32.4 Å². The first-order chi connectivity index (χ1) is 11.5. The number of carbonyl (C=O) groups excluding carboxylic acids is 1. The second kappa shape index (κ2) is 8.40. The van der Waals surface area contributed by atoms with Gasteiger partial charge >= 0.3 is 0 Å². The van der Waals surface area contributed by atoms with Crippen molar-refractivity contribution in [2.45, 2.75) is 20.3 Å². The van der Waals surface area contributed by atoms with Crippen LogP contribution in [-0.2, 0) is 6.42 Å². The van der Waals surface area contributed by atoms with Crippen molar-refractivity contribution in [2.75, 3.05) is 37.8 Å². The molecule has 0 spiro atoms. The Morgan fingerprint density at radius 3 is 2.62 bits per heavy atom. The topological polar surface area (TPSA) is 70.2 Å². The third kappa shape index (κ3) is 4.76. The Balaban J connectivity index is 2.03. The Kier molecular flexibility index (Phi) is 6.26. The van der Waals surface area contributed by atoms with Crippen molar-refractivity contribution in [1.82, 2.24) is 14.9 Å². The van der Waals surface area contributed by atoms with Crippen LogP contribution in [0.15, 0.2) is 30.6 Å². The van der Waals surface area contributed by atoms with Crippen LogP contribution >= 0.6 is 0 Å². The van der Waals surface area contributed by atoms with E-state index >= 15 is 0 Å². The van der Waals surface area contributed by atoms with Gasteiger partial charge in [0.2, 0.25) is 0 Å². The molecule has 0 aliphatic carbocycles. The van der Waals surface area contributed by atoms with Crippen LogP contribution in [-0.4, -0.2) is 48.0 Å². The van der Waals surface area contributed by atoms with Gasteiger partial charge in [0.05, 0.1) is 12.4 Å². The van der Waals surface area contributed by atoms with Crippen molar-refractivity contribution in [2.24, 2.45) is 0 Å². The van der Waals surface area contributed by atoms with Crippen LogP contribution in [0.5, 0.6) is 0 Å². The maximum absolute atomic E-state index is 12.4. The first-order valence-electron chi connectivity index (χ1n) is 8.11. The van der Waals surface area contributed by atoms with Crippen LogP contribution in [0, 0.1) is 6.92 Å². The Labute approximate surface area is 143 Å². The van der Waals surface area contributed by atoms with Crippen LogP contribution in [0.25, 0.3) is 0 Å². The number of para-hydroxylation sites is 1. The molecule has 2 N–H and O–H groups in total. The summed E-state index contributed by atoms with van der Waals surface area (Å²) in [4.78, 5) is 22.9. The fourth-order valence-electron chi connectivity index (χ4n) is 2.32. The normalized spacial score (nSPS) is 10.7. The predicted molar refractivity (Wildman–Crippen MR) is 97.6 cm³/mol. The number of carbonyl (C=O) groups is 1. The molecule has 1 amide bonds. The molecule has 1 aromatic heterocycles.